The molecule has 1 aliphatic rings. The van der Waals surface area contributed by atoms with Gasteiger partial charge in [0.05, 0.1) is 12.1 Å². The van der Waals surface area contributed by atoms with Crippen molar-refractivity contribution in [3.8, 4) is 0 Å². The molecule has 1 atom stereocenters. The van der Waals surface area contributed by atoms with Crippen molar-refractivity contribution in [2.75, 3.05) is 13.1 Å². The molecule has 1 aliphatic heterocycles. The highest BCUT2D eigenvalue weighted by Crippen LogP contribution is 2.31. The van der Waals surface area contributed by atoms with E-state index in [1.807, 2.05) is 6.92 Å². The molecule has 5 heteroatoms. The van der Waals surface area contributed by atoms with Crippen molar-refractivity contribution in [3.05, 3.63) is 35.4 Å². The minimum atomic E-state index is -4.27. The van der Waals surface area contributed by atoms with Crippen LogP contribution in [0.15, 0.2) is 29.3 Å². The van der Waals surface area contributed by atoms with E-state index in [1.165, 1.54) is 0 Å². The van der Waals surface area contributed by atoms with Crippen LogP contribution in [0, 0.1) is 0 Å². The lowest BCUT2D eigenvalue weighted by molar-refractivity contribution is -0.137. The van der Waals surface area contributed by atoms with E-state index >= 15 is 0 Å². The predicted molar refractivity (Wildman–Crippen MR) is 64.8 cm³/mol. The lowest BCUT2D eigenvalue weighted by atomic mass is 9.94. The number of aliphatic imine (C=N–C) groups is 1. The summed E-state index contributed by atoms with van der Waals surface area (Å²) in [6.07, 6.45) is -3.46. The van der Waals surface area contributed by atoms with Crippen molar-refractivity contribution in [1.82, 2.24) is 5.32 Å². The van der Waals surface area contributed by atoms with E-state index in [0.29, 0.717) is 0 Å². The van der Waals surface area contributed by atoms with Gasteiger partial charge in [-0.2, -0.15) is 13.2 Å². The number of benzene rings is 1. The number of alkyl halides is 3. The van der Waals surface area contributed by atoms with E-state index in [0.717, 1.165) is 43.0 Å². The highest BCUT2D eigenvalue weighted by molar-refractivity contribution is 5.90. The fourth-order valence-electron chi connectivity index (χ4n) is 2.14. The fourth-order valence-corrected chi connectivity index (χ4v) is 2.14. The van der Waals surface area contributed by atoms with Crippen LogP contribution in [0.3, 0.4) is 0 Å². The second-order valence-corrected chi connectivity index (χ2v) is 4.27. The molecule has 0 aliphatic carbocycles. The molecule has 0 saturated carbocycles. The van der Waals surface area contributed by atoms with Gasteiger partial charge in [0, 0.05) is 12.5 Å². The van der Waals surface area contributed by atoms with Crippen LogP contribution in [0.2, 0.25) is 0 Å². The zero-order chi connectivity index (χ0) is 13.2. The largest absolute Gasteiger partial charge is 0.416 e. The highest BCUT2D eigenvalue weighted by atomic mass is 19.4. The summed E-state index contributed by atoms with van der Waals surface area (Å²) in [5.74, 6) is 0.951. The summed E-state index contributed by atoms with van der Waals surface area (Å²) in [4.78, 5) is 4.34. The van der Waals surface area contributed by atoms with Crippen molar-refractivity contribution in [3.63, 3.8) is 0 Å². The second kappa shape index (κ2) is 5.00. The number of halogens is 3. The first kappa shape index (κ1) is 12.9. The Kier molecular flexibility index (Phi) is 3.59. The zero-order valence-electron chi connectivity index (χ0n) is 10.1. The Bertz CT molecular complexity index is 435. The van der Waals surface area contributed by atoms with Gasteiger partial charge in [-0.25, -0.2) is 0 Å². The van der Waals surface area contributed by atoms with Gasteiger partial charge in [-0.15, -0.1) is 0 Å². The Hall–Kier alpha value is -1.52. The maximum atomic E-state index is 12.5. The van der Waals surface area contributed by atoms with E-state index in [-0.39, 0.29) is 5.92 Å². The molecule has 0 saturated heterocycles. The minimum absolute atomic E-state index is 0.0646. The fraction of sp³-hybridized carbons (Fsp3) is 0.462. The van der Waals surface area contributed by atoms with E-state index in [9.17, 15) is 13.2 Å². The molecule has 0 radical (unpaired) electrons. The molecule has 0 spiro atoms. The van der Waals surface area contributed by atoms with Gasteiger partial charge >= 0.3 is 6.18 Å². The average molecular weight is 256 g/mol. The number of hydrogen-bond donors (Lipinski definition) is 1. The molecule has 1 heterocycles. The summed E-state index contributed by atoms with van der Waals surface area (Å²) >= 11 is 0. The third-order valence-corrected chi connectivity index (χ3v) is 3.08. The van der Waals surface area contributed by atoms with Gasteiger partial charge < -0.3 is 5.32 Å². The lowest BCUT2D eigenvalue weighted by Gasteiger charge is -2.17. The van der Waals surface area contributed by atoms with Crippen LogP contribution in [0.4, 0.5) is 13.2 Å². The molecular formula is C13H15F3N2. The maximum Gasteiger partial charge on any atom is 0.416 e. The number of rotatable bonds is 3. The molecule has 0 amide bonds. The van der Waals surface area contributed by atoms with Crippen LogP contribution in [-0.4, -0.2) is 18.9 Å². The molecular weight excluding hydrogens is 241 g/mol. The molecule has 1 aromatic rings. The summed E-state index contributed by atoms with van der Waals surface area (Å²) in [5.41, 5.74) is 0.265. The van der Waals surface area contributed by atoms with Gasteiger partial charge in [-0.3, -0.25) is 4.99 Å². The average Bonchev–Trinajstić information content (AvgIpc) is 2.83. The van der Waals surface area contributed by atoms with Crippen LogP contribution >= 0.6 is 0 Å². The molecule has 2 nitrogen and oxygen atoms in total. The van der Waals surface area contributed by atoms with Gasteiger partial charge in [0.2, 0.25) is 0 Å². The Morgan fingerprint density at radius 1 is 1.28 bits per heavy atom. The maximum absolute atomic E-state index is 12.5. The quantitative estimate of drug-likeness (QED) is 0.882. The zero-order valence-corrected chi connectivity index (χ0v) is 10.1. The van der Waals surface area contributed by atoms with Crippen molar-refractivity contribution in [2.45, 2.75) is 25.4 Å². The molecule has 1 aromatic carbocycles. The van der Waals surface area contributed by atoms with Gasteiger partial charge in [0.1, 0.15) is 5.84 Å². The Morgan fingerprint density at radius 3 is 2.39 bits per heavy atom. The lowest BCUT2D eigenvalue weighted by Crippen LogP contribution is -2.25. The summed E-state index contributed by atoms with van der Waals surface area (Å²) in [7, 11) is 0. The molecule has 98 valence electrons. The minimum Gasteiger partial charge on any atom is -0.371 e. The van der Waals surface area contributed by atoms with E-state index in [2.05, 4.69) is 10.3 Å². The van der Waals surface area contributed by atoms with E-state index in [4.69, 9.17) is 0 Å². The van der Waals surface area contributed by atoms with Crippen LogP contribution in [0.25, 0.3) is 0 Å². The first-order valence-electron chi connectivity index (χ1n) is 5.97. The van der Waals surface area contributed by atoms with Crippen LogP contribution < -0.4 is 5.32 Å². The molecule has 0 aromatic heterocycles. The van der Waals surface area contributed by atoms with Gasteiger partial charge in [0.15, 0.2) is 0 Å². The van der Waals surface area contributed by atoms with Gasteiger partial charge in [0.25, 0.3) is 0 Å². The topological polar surface area (TPSA) is 24.4 Å². The smallest absolute Gasteiger partial charge is 0.371 e. The Labute approximate surface area is 104 Å². The van der Waals surface area contributed by atoms with E-state index < -0.39 is 11.7 Å². The molecule has 0 bridgehead atoms. The normalized spacial score (nSPS) is 17.2. The number of nitrogens with zero attached hydrogens (tertiary/aromatic N) is 1. The van der Waals surface area contributed by atoms with Crippen molar-refractivity contribution >= 4 is 5.84 Å². The SMILES string of the molecule is CC[C@H](C1=NCCN1)c1ccc(C(F)(F)F)cc1. The molecule has 0 unspecified atom stereocenters. The molecule has 1 N–H and O–H groups in total. The second-order valence-electron chi connectivity index (χ2n) is 4.27. The molecule has 18 heavy (non-hydrogen) atoms. The monoisotopic (exact) mass is 256 g/mol. The summed E-state index contributed by atoms with van der Waals surface area (Å²) < 4.78 is 37.4. The standard InChI is InChI=1S/C13H15F3N2/c1-2-11(12-17-7-8-18-12)9-3-5-10(6-4-9)13(14,15)16/h3-6,11H,2,7-8H2,1H3,(H,17,18)/t11-/m0/s1. The summed E-state index contributed by atoms with van der Waals surface area (Å²) in [6, 6.07) is 5.35. The Morgan fingerprint density at radius 2 is 1.94 bits per heavy atom. The first-order valence-corrected chi connectivity index (χ1v) is 5.97. The van der Waals surface area contributed by atoms with Gasteiger partial charge in [-0.05, 0) is 24.1 Å². The third kappa shape index (κ3) is 2.66. The summed E-state index contributed by atoms with van der Waals surface area (Å²) in [5, 5.41) is 3.18. The van der Waals surface area contributed by atoms with Crippen LogP contribution in [0.1, 0.15) is 30.4 Å². The van der Waals surface area contributed by atoms with Crippen molar-refractivity contribution in [2.24, 2.45) is 4.99 Å². The number of amidine groups is 1. The summed E-state index contributed by atoms with van der Waals surface area (Å²) in [6.45, 7) is 3.56. The van der Waals surface area contributed by atoms with Crippen LogP contribution in [0.5, 0.6) is 0 Å². The van der Waals surface area contributed by atoms with Crippen molar-refractivity contribution < 1.29 is 13.2 Å². The predicted octanol–water partition coefficient (Wildman–Crippen LogP) is 3.20. The van der Waals surface area contributed by atoms with Gasteiger partial charge in [-0.1, -0.05) is 19.1 Å². The van der Waals surface area contributed by atoms with Crippen LogP contribution in [-0.2, 0) is 6.18 Å². The highest BCUT2D eigenvalue weighted by Gasteiger charge is 2.30. The molecule has 2 rings (SSSR count). The number of hydrogen-bond acceptors (Lipinski definition) is 2. The molecule has 0 fully saturated rings. The van der Waals surface area contributed by atoms with Crippen molar-refractivity contribution in [1.29, 1.82) is 0 Å². The van der Waals surface area contributed by atoms with E-state index in [1.54, 1.807) is 12.1 Å². The first-order chi connectivity index (χ1) is 8.52. The Balaban J connectivity index is 2.22. The number of nitrogens with one attached hydrogen (secondary N) is 1. The third-order valence-electron chi connectivity index (χ3n) is 3.08.